The molecule has 1 aromatic carbocycles. The summed E-state index contributed by atoms with van der Waals surface area (Å²) in [5.41, 5.74) is 0.742. The first-order valence-corrected chi connectivity index (χ1v) is 11.2. The Morgan fingerprint density at radius 3 is 2.65 bits per heavy atom. The number of fused-ring (bicyclic) bond motifs is 2. The third-order valence-electron chi connectivity index (χ3n) is 6.97. The third-order valence-corrected chi connectivity index (χ3v) is 6.97. The maximum absolute atomic E-state index is 13.9. The Balaban J connectivity index is 1.35. The zero-order valence-electron chi connectivity index (χ0n) is 18.6. The molecule has 31 heavy (non-hydrogen) atoms. The lowest BCUT2D eigenvalue weighted by Crippen LogP contribution is -2.47. The third kappa shape index (κ3) is 4.53. The second-order valence-corrected chi connectivity index (χ2v) is 9.18. The van der Waals surface area contributed by atoms with Crippen LogP contribution in [0, 0.1) is 18.7 Å². The van der Waals surface area contributed by atoms with E-state index in [0.29, 0.717) is 42.3 Å². The lowest BCUT2D eigenvalue weighted by atomic mass is 9.97. The molecule has 0 spiro atoms. The minimum atomic E-state index is -0.257. The molecule has 4 rings (SSSR count). The molecule has 0 amide bonds. The molecule has 6 nitrogen and oxygen atoms in total. The molecule has 2 saturated heterocycles. The molecule has 2 aromatic rings. The van der Waals surface area contributed by atoms with E-state index in [1.807, 2.05) is 6.07 Å². The molecular formula is C24H32FN3O3. The van der Waals surface area contributed by atoms with Crippen LogP contribution in [0.25, 0.3) is 0 Å². The van der Waals surface area contributed by atoms with Gasteiger partial charge in [0.15, 0.2) is 0 Å². The van der Waals surface area contributed by atoms with Gasteiger partial charge in [-0.3, -0.25) is 14.3 Å². The van der Waals surface area contributed by atoms with Crippen LogP contribution in [-0.2, 0) is 24.9 Å². The molecule has 2 aliphatic rings. The number of aryl methyl sites for hydroxylation is 2. The van der Waals surface area contributed by atoms with Crippen molar-refractivity contribution in [2.75, 3.05) is 6.54 Å². The smallest absolute Gasteiger partial charge is 0.330 e. The van der Waals surface area contributed by atoms with Crippen molar-refractivity contribution in [3.05, 3.63) is 68.2 Å². The molecule has 168 valence electrons. The normalized spacial score (nSPS) is 25.8. The molecule has 4 unspecified atom stereocenters. The highest BCUT2D eigenvalue weighted by atomic mass is 19.1. The van der Waals surface area contributed by atoms with E-state index in [-0.39, 0.29) is 23.2 Å². The number of benzene rings is 1. The molecule has 2 aliphatic heterocycles. The van der Waals surface area contributed by atoms with Crippen molar-refractivity contribution in [3.8, 4) is 0 Å². The molecule has 0 saturated carbocycles. The number of piperidine rings is 1. The maximum Gasteiger partial charge on any atom is 0.330 e. The van der Waals surface area contributed by atoms with E-state index >= 15 is 0 Å². The topological polar surface area (TPSA) is 56.5 Å². The Morgan fingerprint density at radius 1 is 1.13 bits per heavy atom. The van der Waals surface area contributed by atoms with Crippen molar-refractivity contribution in [1.82, 2.24) is 14.0 Å². The zero-order valence-corrected chi connectivity index (χ0v) is 18.6. The summed E-state index contributed by atoms with van der Waals surface area (Å²) in [6, 6.07) is 7.65. The van der Waals surface area contributed by atoms with Crippen molar-refractivity contribution in [1.29, 1.82) is 0 Å². The summed E-state index contributed by atoms with van der Waals surface area (Å²) in [7, 11) is 1.68. The first-order chi connectivity index (χ1) is 14.8. The van der Waals surface area contributed by atoms with E-state index in [1.54, 1.807) is 32.3 Å². The molecule has 7 heteroatoms. The minimum Gasteiger partial charge on any atom is -0.373 e. The zero-order chi connectivity index (χ0) is 22.1. The summed E-state index contributed by atoms with van der Waals surface area (Å²) in [5, 5.41) is 0. The van der Waals surface area contributed by atoms with Crippen LogP contribution in [0.15, 0.2) is 40.1 Å². The number of rotatable bonds is 7. The second-order valence-electron chi connectivity index (χ2n) is 9.18. The molecular weight excluding hydrogens is 397 g/mol. The predicted molar refractivity (Wildman–Crippen MR) is 118 cm³/mol. The summed E-state index contributed by atoms with van der Waals surface area (Å²) in [5.74, 6) is 0.371. The fraction of sp³-hybridized carbons (Fsp3) is 0.583. The highest BCUT2D eigenvalue weighted by molar-refractivity contribution is 5.16. The van der Waals surface area contributed by atoms with Crippen LogP contribution >= 0.6 is 0 Å². The Morgan fingerprint density at radius 2 is 1.90 bits per heavy atom. The first kappa shape index (κ1) is 22.0. The highest BCUT2D eigenvalue weighted by Gasteiger charge is 2.44. The quantitative estimate of drug-likeness (QED) is 0.679. The van der Waals surface area contributed by atoms with Gasteiger partial charge >= 0.3 is 5.69 Å². The van der Waals surface area contributed by atoms with Gasteiger partial charge in [0, 0.05) is 49.5 Å². The Labute approximate surface area is 182 Å². The molecule has 2 fully saturated rings. The molecule has 4 atom stereocenters. The van der Waals surface area contributed by atoms with Gasteiger partial charge in [-0.1, -0.05) is 25.1 Å². The summed E-state index contributed by atoms with van der Waals surface area (Å²) in [6.07, 6.45) is 5.52. The van der Waals surface area contributed by atoms with E-state index < -0.39 is 0 Å². The fourth-order valence-corrected chi connectivity index (χ4v) is 5.39. The van der Waals surface area contributed by atoms with Gasteiger partial charge in [-0.25, -0.2) is 9.18 Å². The van der Waals surface area contributed by atoms with Gasteiger partial charge in [0.1, 0.15) is 5.82 Å². The number of ether oxygens (including phenoxy) is 1. The number of hydrogen-bond donors (Lipinski definition) is 0. The van der Waals surface area contributed by atoms with Crippen LogP contribution in [-0.4, -0.2) is 38.8 Å². The first-order valence-electron chi connectivity index (χ1n) is 11.2. The number of nitrogens with zero attached hydrogens (tertiary/aromatic N) is 3. The van der Waals surface area contributed by atoms with Crippen LogP contribution < -0.4 is 11.2 Å². The van der Waals surface area contributed by atoms with Crippen LogP contribution in [0.2, 0.25) is 0 Å². The number of aromatic nitrogens is 2. The van der Waals surface area contributed by atoms with E-state index in [2.05, 4.69) is 11.8 Å². The summed E-state index contributed by atoms with van der Waals surface area (Å²) in [6.45, 7) is 5.64. The van der Waals surface area contributed by atoms with Gasteiger partial charge in [-0.15, -0.1) is 0 Å². The van der Waals surface area contributed by atoms with Crippen molar-refractivity contribution in [3.63, 3.8) is 0 Å². The van der Waals surface area contributed by atoms with E-state index in [1.165, 1.54) is 15.2 Å². The Kier molecular flexibility index (Phi) is 6.44. The number of hydrogen-bond acceptors (Lipinski definition) is 4. The van der Waals surface area contributed by atoms with Crippen LogP contribution in [0.1, 0.15) is 43.7 Å². The van der Waals surface area contributed by atoms with Crippen molar-refractivity contribution >= 4 is 0 Å². The fourth-order valence-electron chi connectivity index (χ4n) is 5.39. The van der Waals surface area contributed by atoms with E-state index in [4.69, 9.17) is 4.74 Å². The van der Waals surface area contributed by atoms with Crippen LogP contribution in [0.5, 0.6) is 0 Å². The van der Waals surface area contributed by atoms with Gasteiger partial charge in [0.05, 0.1) is 12.7 Å². The molecule has 1 aromatic heterocycles. The average molecular weight is 430 g/mol. The Hall–Kier alpha value is -2.25. The van der Waals surface area contributed by atoms with Crippen molar-refractivity contribution in [2.24, 2.45) is 13.0 Å². The van der Waals surface area contributed by atoms with Gasteiger partial charge < -0.3 is 9.30 Å². The van der Waals surface area contributed by atoms with Crippen LogP contribution in [0.3, 0.4) is 0 Å². The van der Waals surface area contributed by atoms with Gasteiger partial charge in [-0.05, 0) is 44.6 Å². The lowest BCUT2D eigenvalue weighted by Gasteiger charge is -2.39. The Bertz CT molecular complexity index is 1010. The van der Waals surface area contributed by atoms with Crippen LogP contribution in [0.4, 0.5) is 4.39 Å². The van der Waals surface area contributed by atoms with Gasteiger partial charge in [0.2, 0.25) is 0 Å². The average Bonchev–Trinajstić information content (AvgIpc) is 2.91. The molecule has 0 aliphatic carbocycles. The molecule has 2 bridgehead atoms. The standard InChI is InChI=1S/C24H32FN3O3/c1-16-11-19-12-20(31-15-18-7-4-5-8-21(18)25)13-22(16)27(19)9-6-10-28-23(29)17(2)14-26(3)24(28)30/h4-5,7-8,14,16,19-20,22H,6,9-13,15H2,1-3H3. The summed E-state index contributed by atoms with van der Waals surface area (Å²) >= 11 is 0. The summed E-state index contributed by atoms with van der Waals surface area (Å²) in [4.78, 5) is 27.2. The lowest BCUT2D eigenvalue weighted by molar-refractivity contribution is -0.0321. The van der Waals surface area contributed by atoms with E-state index in [0.717, 1.165) is 32.2 Å². The predicted octanol–water partition coefficient (Wildman–Crippen LogP) is 2.84. The van der Waals surface area contributed by atoms with Gasteiger partial charge in [0.25, 0.3) is 5.56 Å². The van der Waals surface area contributed by atoms with Crippen molar-refractivity contribution in [2.45, 2.75) is 70.9 Å². The monoisotopic (exact) mass is 429 g/mol. The molecule has 0 N–H and O–H groups in total. The summed E-state index contributed by atoms with van der Waals surface area (Å²) < 4.78 is 22.8. The van der Waals surface area contributed by atoms with Crippen molar-refractivity contribution < 1.29 is 9.13 Å². The second kappa shape index (κ2) is 9.09. The minimum absolute atomic E-state index is 0.141. The largest absolute Gasteiger partial charge is 0.373 e. The SMILES string of the molecule is Cc1cn(C)c(=O)n(CCCN2C3CC(OCc4ccccc4F)CC2C(C)C3)c1=O. The molecule has 3 heterocycles. The van der Waals surface area contributed by atoms with Gasteiger partial charge in [-0.2, -0.15) is 0 Å². The maximum atomic E-state index is 13.9. The van der Waals surface area contributed by atoms with E-state index in [9.17, 15) is 14.0 Å². The number of halogens is 1. The highest BCUT2D eigenvalue weighted by Crippen LogP contribution is 2.40. The molecule has 0 radical (unpaired) electrons.